The van der Waals surface area contributed by atoms with Gasteiger partial charge in [0.2, 0.25) is 17.7 Å². The first-order valence-electron chi connectivity index (χ1n) is 12.5. The number of hydrogen-bond donors (Lipinski definition) is 4. The summed E-state index contributed by atoms with van der Waals surface area (Å²) in [5.74, 6) is -4.17. The molecule has 0 aromatic heterocycles. The highest BCUT2D eigenvalue weighted by atomic mass is 19.1. The number of rotatable bonds is 3. The smallest absolute Gasteiger partial charge is 0.250 e. The molecule has 4 N–H and O–H groups in total. The SMILES string of the molecule is O=C1[C@H]2[C@@H](C(=O)N1c1ccc3c(c1)OCCO3)[C@@]1(N[C@@H]2Cc2ccc(O)c(O)c2)C(=O)Nc2ccc(F)cc21. The number of hydrogen-bond acceptors (Lipinski definition) is 8. The molecule has 0 unspecified atom stereocenters. The molecule has 4 aliphatic heterocycles. The predicted octanol–water partition coefficient (Wildman–Crippen LogP) is 2.18. The Bertz CT molecular complexity index is 1590. The third-order valence-corrected chi connectivity index (χ3v) is 7.96. The molecule has 0 bridgehead atoms. The largest absolute Gasteiger partial charge is 0.504 e. The van der Waals surface area contributed by atoms with Gasteiger partial charge in [-0.05, 0) is 54.4 Å². The van der Waals surface area contributed by atoms with Crippen molar-refractivity contribution in [3.8, 4) is 23.0 Å². The average molecular weight is 531 g/mol. The third kappa shape index (κ3) is 3.26. The van der Waals surface area contributed by atoms with Crippen molar-refractivity contribution in [2.24, 2.45) is 11.8 Å². The normalized spacial score (nSPS) is 26.6. The topological polar surface area (TPSA) is 137 Å². The van der Waals surface area contributed by atoms with Crippen molar-refractivity contribution < 1.29 is 38.5 Å². The summed E-state index contributed by atoms with van der Waals surface area (Å²) >= 11 is 0. The van der Waals surface area contributed by atoms with Gasteiger partial charge in [0, 0.05) is 23.4 Å². The third-order valence-electron chi connectivity index (χ3n) is 7.96. The number of fused-ring (bicyclic) bond motifs is 5. The van der Waals surface area contributed by atoms with E-state index in [2.05, 4.69) is 10.6 Å². The first-order valence-corrected chi connectivity index (χ1v) is 12.5. The van der Waals surface area contributed by atoms with Crippen LogP contribution in [0.1, 0.15) is 11.1 Å². The highest BCUT2D eigenvalue weighted by molar-refractivity contribution is 6.26. The Kier molecular flexibility index (Phi) is 4.92. The van der Waals surface area contributed by atoms with E-state index in [9.17, 15) is 29.0 Å². The van der Waals surface area contributed by atoms with Gasteiger partial charge in [-0.1, -0.05) is 6.07 Å². The fraction of sp³-hybridized carbons (Fsp3) is 0.250. The number of phenols is 2. The van der Waals surface area contributed by atoms with Crippen molar-refractivity contribution in [3.63, 3.8) is 0 Å². The number of anilines is 2. The number of carbonyl (C=O) groups excluding carboxylic acids is 3. The van der Waals surface area contributed by atoms with Gasteiger partial charge >= 0.3 is 0 Å². The fourth-order valence-electron chi connectivity index (χ4n) is 6.32. The van der Waals surface area contributed by atoms with Crippen molar-refractivity contribution in [1.29, 1.82) is 0 Å². The summed E-state index contributed by atoms with van der Waals surface area (Å²) in [6, 6.07) is 12.1. The van der Waals surface area contributed by atoms with Gasteiger partial charge in [-0.3, -0.25) is 19.7 Å². The van der Waals surface area contributed by atoms with Crippen LogP contribution >= 0.6 is 0 Å². The van der Waals surface area contributed by atoms with E-state index in [0.717, 1.165) is 4.90 Å². The van der Waals surface area contributed by atoms with Crippen LogP contribution in [0.25, 0.3) is 0 Å². The molecule has 7 rings (SSSR count). The molecule has 10 nitrogen and oxygen atoms in total. The van der Waals surface area contributed by atoms with Crippen LogP contribution in [0.2, 0.25) is 0 Å². The van der Waals surface area contributed by atoms with E-state index in [-0.39, 0.29) is 29.2 Å². The summed E-state index contributed by atoms with van der Waals surface area (Å²) in [6.45, 7) is 0.701. The Morgan fingerprint density at radius 1 is 0.923 bits per heavy atom. The maximum Gasteiger partial charge on any atom is 0.250 e. The number of benzene rings is 3. The fourth-order valence-corrected chi connectivity index (χ4v) is 6.32. The van der Waals surface area contributed by atoms with Gasteiger partial charge in [-0.15, -0.1) is 0 Å². The molecule has 0 saturated carbocycles. The number of aromatic hydroxyl groups is 2. The molecule has 4 aliphatic rings. The molecule has 11 heteroatoms. The number of halogens is 1. The molecular weight excluding hydrogens is 509 g/mol. The zero-order chi connectivity index (χ0) is 27.1. The predicted molar refractivity (Wildman–Crippen MR) is 134 cm³/mol. The highest BCUT2D eigenvalue weighted by Crippen LogP contribution is 2.54. The first kappa shape index (κ1) is 23.5. The lowest BCUT2D eigenvalue weighted by Crippen LogP contribution is -2.53. The number of nitrogens with one attached hydrogen (secondary N) is 2. The zero-order valence-electron chi connectivity index (χ0n) is 20.3. The van der Waals surface area contributed by atoms with Gasteiger partial charge in [0.05, 0.1) is 17.5 Å². The van der Waals surface area contributed by atoms with Gasteiger partial charge in [0.1, 0.15) is 24.6 Å². The van der Waals surface area contributed by atoms with E-state index < -0.39 is 47.0 Å². The van der Waals surface area contributed by atoms with Crippen molar-refractivity contribution in [3.05, 3.63) is 71.5 Å². The molecule has 3 amide bonds. The van der Waals surface area contributed by atoms with E-state index in [1.807, 2.05) is 0 Å². The van der Waals surface area contributed by atoms with Crippen LogP contribution < -0.4 is 25.0 Å². The molecule has 4 atom stereocenters. The number of ether oxygens (including phenoxy) is 2. The molecular formula is C28H22FN3O7. The Morgan fingerprint density at radius 3 is 2.51 bits per heavy atom. The van der Waals surface area contributed by atoms with Crippen molar-refractivity contribution in [1.82, 2.24) is 5.32 Å². The molecule has 39 heavy (non-hydrogen) atoms. The van der Waals surface area contributed by atoms with Crippen molar-refractivity contribution >= 4 is 29.1 Å². The monoisotopic (exact) mass is 531 g/mol. The summed E-state index contributed by atoms with van der Waals surface area (Å²) in [5.41, 5.74) is -0.245. The quantitative estimate of drug-likeness (QED) is 0.298. The van der Waals surface area contributed by atoms with E-state index >= 15 is 0 Å². The van der Waals surface area contributed by atoms with E-state index in [4.69, 9.17) is 9.47 Å². The second-order valence-corrected chi connectivity index (χ2v) is 10.1. The van der Waals surface area contributed by atoms with Gasteiger partial charge < -0.3 is 25.0 Å². The molecule has 0 radical (unpaired) electrons. The minimum Gasteiger partial charge on any atom is -0.504 e. The molecule has 3 aromatic carbocycles. The number of carbonyl (C=O) groups is 3. The lowest BCUT2D eigenvalue weighted by molar-refractivity contribution is -0.130. The lowest BCUT2D eigenvalue weighted by atomic mass is 9.76. The first-order chi connectivity index (χ1) is 18.8. The number of amides is 3. The molecule has 0 aliphatic carbocycles. The summed E-state index contributed by atoms with van der Waals surface area (Å²) in [4.78, 5) is 42.8. The second-order valence-electron chi connectivity index (χ2n) is 10.1. The van der Waals surface area contributed by atoms with Gasteiger partial charge in [-0.2, -0.15) is 0 Å². The molecule has 3 aromatic rings. The van der Waals surface area contributed by atoms with Crippen LogP contribution in [0.5, 0.6) is 23.0 Å². The maximum atomic E-state index is 14.5. The van der Waals surface area contributed by atoms with E-state index in [1.54, 1.807) is 24.3 Å². The number of imide groups is 1. The Hall–Kier alpha value is -4.64. The van der Waals surface area contributed by atoms with Crippen LogP contribution in [0, 0.1) is 17.7 Å². The second kappa shape index (κ2) is 8.18. The Morgan fingerprint density at radius 2 is 1.72 bits per heavy atom. The van der Waals surface area contributed by atoms with E-state index in [1.165, 1.54) is 30.3 Å². The molecule has 1 spiro atoms. The summed E-state index contributed by atoms with van der Waals surface area (Å²) in [5, 5.41) is 25.7. The van der Waals surface area contributed by atoms with Crippen LogP contribution in [0.15, 0.2) is 54.6 Å². The van der Waals surface area contributed by atoms with Crippen LogP contribution in [0.3, 0.4) is 0 Å². The number of phenolic OH excluding ortho intramolecular Hbond substituents is 2. The van der Waals surface area contributed by atoms with Crippen LogP contribution in [0.4, 0.5) is 15.8 Å². The molecule has 2 saturated heterocycles. The van der Waals surface area contributed by atoms with Crippen LogP contribution in [-0.2, 0) is 26.3 Å². The lowest BCUT2D eigenvalue weighted by Gasteiger charge is -2.30. The van der Waals surface area contributed by atoms with Gasteiger partial charge in [0.15, 0.2) is 23.0 Å². The highest BCUT2D eigenvalue weighted by Gasteiger charge is 2.70. The van der Waals surface area contributed by atoms with Gasteiger partial charge in [-0.25, -0.2) is 9.29 Å². The van der Waals surface area contributed by atoms with E-state index in [0.29, 0.717) is 36.0 Å². The van der Waals surface area contributed by atoms with Crippen molar-refractivity contribution in [2.45, 2.75) is 18.0 Å². The van der Waals surface area contributed by atoms with Crippen LogP contribution in [-0.4, -0.2) is 47.2 Å². The van der Waals surface area contributed by atoms with Crippen molar-refractivity contribution in [2.75, 3.05) is 23.4 Å². The van der Waals surface area contributed by atoms with Gasteiger partial charge in [0.25, 0.3) is 0 Å². The molecule has 2 fully saturated rings. The summed E-state index contributed by atoms with van der Waals surface area (Å²) < 4.78 is 25.7. The standard InChI is InChI=1S/C28H22FN3O7/c29-14-2-4-17-16(11-14)28(27(37)30-17)24-23(18(31-28)9-13-1-5-19(33)20(34)10-13)25(35)32(26(24)36)15-3-6-21-22(12-15)39-8-7-38-21/h1-6,10-12,18,23-24,31,33-34H,7-9H2,(H,30,37)/t18-,23-,24+,28-/m1/s1. The Balaban J connectivity index is 1.35. The molecule has 198 valence electrons. The molecule has 4 heterocycles. The Labute approximate surface area is 220 Å². The maximum absolute atomic E-state index is 14.5. The minimum atomic E-state index is -1.69. The number of nitrogens with zero attached hydrogens (tertiary/aromatic N) is 1. The summed E-state index contributed by atoms with van der Waals surface area (Å²) in [6.07, 6.45) is 0.142. The minimum absolute atomic E-state index is 0.142. The summed E-state index contributed by atoms with van der Waals surface area (Å²) in [7, 11) is 0. The average Bonchev–Trinajstić information content (AvgIpc) is 3.50. The zero-order valence-corrected chi connectivity index (χ0v) is 20.3.